The van der Waals surface area contributed by atoms with E-state index >= 15 is 0 Å². The Balaban J connectivity index is 1.89. The Morgan fingerprint density at radius 2 is 2.27 bits per heavy atom. The molecule has 7 heteroatoms. The molecule has 22 heavy (non-hydrogen) atoms. The minimum absolute atomic E-state index is 0.00436. The Bertz CT molecular complexity index is 671. The van der Waals surface area contributed by atoms with Crippen molar-refractivity contribution in [1.82, 2.24) is 19.9 Å². The van der Waals surface area contributed by atoms with Crippen LogP contribution in [0.1, 0.15) is 43.6 Å². The van der Waals surface area contributed by atoms with Crippen molar-refractivity contribution in [2.45, 2.75) is 39.2 Å². The van der Waals surface area contributed by atoms with E-state index < -0.39 is 0 Å². The van der Waals surface area contributed by atoms with E-state index in [9.17, 15) is 4.79 Å². The second-order valence-corrected chi connectivity index (χ2v) is 6.17. The summed E-state index contributed by atoms with van der Waals surface area (Å²) in [6.07, 6.45) is 5.79. The van der Waals surface area contributed by atoms with Crippen LogP contribution in [0.2, 0.25) is 0 Å². The summed E-state index contributed by atoms with van der Waals surface area (Å²) in [6.45, 7) is 4.65. The Morgan fingerprint density at radius 1 is 1.45 bits per heavy atom. The first-order valence-corrected chi connectivity index (χ1v) is 8.36. The lowest BCUT2D eigenvalue weighted by molar-refractivity contribution is -0.131. The van der Waals surface area contributed by atoms with Crippen LogP contribution in [0.4, 0.5) is 10.9 Å². The van der Waals surface area contributed by atoms with Crippen LogP contribution >= 0.6 is 11.3 Å². The first kappa shape index (κ1) is 14.9. The zero-order valence-corrected chi connectivity index (χ0v) is 13.6. The van der Waals surface area contributed by atoms with Gasteiger partial charge in [-0.05, 0) is 19.8 Å². The first-order valence-electron chi connectivity index (χ1n) is 7.48. The van der Waals surface area contributed by atoms with Crippen molar-refractivity contribution >= 4 is 28.2 Å². The molecule has 0 aliphatic carbocycles. The Kier molecular flexibility index (Phi) is 4.33. The molecule has 0 spiro atoms. The van der Waals surface area contributed by atoms with Gasteiger partial charge in [-0.3, -0.25) is 9.78 Å². The van der Waals surface area contributed by atoms with Crippen molar-refractivity contribution in [3.8, 4) is 0 Å². The fourth-order valence-corrected chi connectivity index (χ4v) is 3.44. The van der Waals surface area contributed by atoms with E-state index in [1.54, 1.807) is 12.4 Å². The summed E-state index contributed by atoms with van der Waals surface area (Å²) in [5.74, 6) is 0.863. The Hall–Kier alpha value is -2.02. The summed E-state index contributed by atoms with van der Waals surface area (Å²) in [7, 11) is 0. The molecule has 0 aromatic carbocycles. The van der Waals surface area contributed by atoms with E-state index in [0.717, 1.165) is 35.9 Å². The number of aryl methyl sites for hydroxylation is 1. The van der Waals surface area contributed by atoms with Crippen LogP contribution in [0.5, 0.6) is 0 Å². The molecular weight excluding hydrogens is 298 g/mol. The van der Waals surface area contributed by atoms with Gasteiger partial charge in [0.05, 0.1) is 11.7 Å². The summed E-state index contributed by atoms with van der Waals surface area (Å²) in [4.78, 5) is 27.3. The zero-order chi connectivity index (χ0) is 15.5. The fraction of sp³-hybridized carbons (Fsp3) is 0.467. The molecule has 2 aromatic heterocycles. The Morgan fingerprint density at radius 3 is 3.00 bits per heavy atom. The van der Waals surface area contributed by atoms with E-state index in [4.69, 9.17) is 0 Å². The second kappa shape index (κ2) is 6.39. The molecule has 0 unspecified atom stereocenters. The molecule has 6 nitrogen and oxygen atoms in total. The smallest absolute Gasteiger partial charge is 0.222 e. The van der Waals surface area contributed by atoms with Gasteiger partial charge >= 0.3 is 0 Å². The number of amides is 1. The number of thiazole rings is 1. The predicted octanol–water partition coefficient (Wildman–Crippen LogP) is 3.06. The fourth-order valence-electron chi connectivity index (χ4n) is 2.75. The number of anilines is 2. The molecule has 0 bridgehead atoms. The topological polar surface area (TPSA) is 71.0 Å². The van der Waals surface area contributed by atoms with Gasteiger partial charge in [-0.25, -0.2) is 9.97 Å². The molecular formula is C15H19N5OS. The largest absolute Gasteiger partial charge is 0.334 e. The van der Waals surface area contributed by atoms with E-state index in [1.165, 1.54) is 11.3 Å². The van der Waals surface area contributed by atoms with Crippen molar-refractivity contribution in [3.63, 3.8) is 0 Å². The lowest BCUT2D eigenvalue weighted by atomic mass is 10.1. The number of hydrogen-bond acceptors (Lipinski definition) is 6. The molecule has 3 heterocycles. The number of aromatic nitrogens is 3. The number of nitrogens with one attached hydrogen (secondary N) is 1. The normalized spacial score (nSPS) is 17.7. The highest BCUT2D eigenvalue weighted by Gasteiger charge is 2.32. The summed E-state index contributed by atoms with van der Waals surface area (Å²) in [6, 6.07) is 0.00436. The number of likely N-dealkylation sites (tertiary alicyclic amines) is 1. The monoisotopic (exact) mass is 317 g/mol. The summed E-state index contributed by atoms with van der Waals surface area (Å²) in [5.41, 5.74) is 1.80. The van der Waals surface area contributed by atoms with Crippen molar-refractivity contribution < 1.29 is 4.79 Å². The van der Waals surface area contributed by atoms with Gasteiger partial charge in [0.1, 0.15) is 5.69 Å². The van der Waals surface area contributed by atoms with Crippen molar-refractivity contribution in [2.75, 3.05) is 11.9 Å². The van der Waals surface area contributed by atoms with Gasteiger partial charge in [0.15, 0.2) is 10.9 Å². The average Bonchev–Trinajstić information content (AvgIpc) is 3.16. The van der Waals surface area contributed by atoms with E-state index in [0.29, 0.717) is 12.2 Å². The quantitative estimate of drug-likeness (QED) is 0.938. The highest BCUT2D eigenvalue weighted by molar-refractivity contribution is 7.13. The highest BCUT2D eigenvalue weighted by Crippen LogP contribution is 2.35. The molecule has 1 saturated heterocycles. The molecule has 2 aromatic rings. The molecule has 0 saturated carbocycles. The van der Waals surface area contributed by atoms with Gasteiger partial charge in [0, 0.05) is 30.7 Å². The number of hydrogen-bond donors (Lipinski definition) is 1. The van der Waals surface area contributed by atoms with Gasteiger partial charge < -0.3 is 10.2 Å². The molecule has 3 rings (SSSR count). The van der Waals surface area contributed by atoms with Crippen molar-refractivity contribution in [2.24, 2.45) is 0 Å². The van der Waals surface area contributed by atoms with Crippen molar-refractivity contribution in [1.29, 1.82) is 0 Å². The van der Waals surface area contributed by atoms with Crippen LogP contribution in [-0.2, 0) is 4.79 Å². The Labute approximate surface area is 133 Å². The minimum Gasteiger partial charge on any atom is -0.334 e. The number of nitrogens with zero attached hydrogens (tertiary/aromatic N) is 4. The lowest BCUT2D eigenvalue weighted by Crippen LogP contribution is -2.30. The molecule has 1 aliphatic heterocycles. The van der Waals surface area contributed by atoms with Crippen LogP contribution in [0.15, 0.2) is 17.8 Å². The number of rotatable bonds is 4. The maximum absolute atomic E-state index is 12.1. The van der Waals surface area contributed by atoms with Crippen LogP contribution < -0.4 is 5.32 Å². The molecule has 1 fully saturated rings. The minimum atomic E-state index is 0.00436. The lowest BCUT2D eigenvalue weighted by Gasteiger charge is -2.25. The van der Waals surface area contributed by atoms with Gasteiger partial charge in [-0.1, -0.05) is 6.92 Å². The third-order valence-corrected chi connectivity index (χ3v) is 4.64. The molecule has 1 aliphatic rings. The molecule has 1 amide bonds. The summed E-state index contributed by atoms with van der Waals surface area (Å²) in [5, 5.41) is 6.03. The van der Waals surface area contributed by atoms with Crippen LogP contribution in [0.3, 0.4) is 0 Å². The average molecular weight is 317 g/mol. The van der Waals surface area contributed by atoms with Crippen molar-refractivity contribution in [3.05, 3.63) is 29.2 Å². The first-order chi connectivity index (χ1) is 10.7. The second-order valence-electron chi connectivity index (χ2n) is 5.31. The van der Waals surface area contributed by atoms with Gasteiger partial charge in [-0.15, -0.1) is 11.3 Å². The number of carbonyl (C=O) groups excluding carboxylic acids is 1. The van der Waals surface area contributed by atoms with E-state index in [2.05, 4.69) is 20.3 Å². The SMILES string of the molecule is CCC(=O)N1CCC[C@@H]1c1nccnc1Nc1nc(C)cs1. The van der Waals surface area contributed by atoms with E-state index in [1.807, 2.05) is 24.1 Å². The maximum Gasteiger partial charge on any atom is 0.222 e. The summed E-state index contributed by atoms with van der Waals surface area (Å²) < 4.78 is 0. The van der Waals surface area contributed by atoms with Gasteiger partial charge in [0.2, 0.25) is 5.91 Å². The standard InChI is InChI=1S/C15H19N5OS/c1-3-12(21)20-8-4-5-11(20)13-14(17-7-6-16-13)19-15-18-10(2)9-22-15/h6-7,9,11H,3-5,8H2,1-2H3,(H,17,18,19)/t11-/m1/s1. The predicted molar refractivity (Wildman–Crippen MR) is 86.1 cm³/mol. The zero-order valence-electron chi connectivity index (χ0n) is 12.7. The maximum atomic E-state index is 12.1. The number of carbonyl (C=O) groups is 1. The third-order valence-electron chi connectivity index (χ3n) is 3.76. The molecule has 1 N–H and O–H groups in total. The molecule has 0 radical (unpaired) electrons. The molecule has 116 valence electrons. The highest BCUT2D eigenvalue weighted by atomic mass is 32.1. The molecule has 1 atom stereocenters. The van der Waals surface area contributed by atoms with Crippen LogP contribution in [0.25, 0.3) is 0 Å². The van der Waals surface area contributed by atoms with Crippen LogP contribution in [0, 0.1) is 6.92 Å². The van der Waals surface area contributed by atoms with Gasteiger partial charge in [-0.2, -0.15) is 0 Å². The third kappa shape index (κ3) is 2.94. The van der Waals surface area contributed by atoms with Gasteiger partial charge in [0.25, 0.3) is 0 Å². The summed E-state index contributed by atoms with van der Waals surface area (Å²) >= 11 is 1.54. The van der Waals surface area contributed by atoms with Crippen LogP contribution in [-0.4, -0.2) is 32.3 Å². The van der Waals surface area contributed by atoms with E-state index in [-0.39, 0.29) is 11.9 Å².